The molecule has 172 valence electrons. The van der Waals surface area contributed by atoms with Gasteiger partial charge in [0.2, 0.25) is 0 Å². The maximum atomic E-state index is 12.4. The highest BCUT2D eigenvalue weighted by Gasteiger charge is 2.17. The van der Waals surface area contributed by atoms with Crippen molar-refractivity contribution in [2.75, 3.05) is 13.2 Å². The van der Waals surface area contributed by atoms with Crippen molar-refractivity contribution in [1.29, 1.82) is 0 Å². The molecule has 1 N–H and O–H groups in total. The highest BCUT2D eigenvalue weighted by atomic mass is 16.6. The highest BCUT2D eigenvalue weighted by molar-refractivity contribution is 5.90. The molecule has 0 aliphatic carbocycles. The van der Waals surface area contributed by atoms with E-state index in [0.717, 1.165) is 28.2 Å². The average molecular weight is 457 g/mol. The van der Waals surface area contributed by atoms with Crippen LogP contribution in [0.5, 0.6) is 11.5 Å². The van der Waals surface area contributed by atoms with Crippen LogP contribution in [0, 0.1) is 13.8 Å². The van der Waals surface area contributed by atoms with Gasteiger partial charge in [0.25, 0.3) is 5.91 Å². The van der Waals surface area contributed by atoms with E-state index >= 15 is 0 Å². The van der Waals surface area contributed by atoms with Gasteiger partial charge in [-0.3, -0.25) is 9.48 Å². The molecule has 0 unspecified atom stereocenters. The molecule has 34 heavy (non-hydrogen) atoms. The van der Waals surface area contributed by atoms with Gasteiger partial charge in [0.05, 0.1) is 17.6 Å². The van der Waals surface area contributed by atoms with Crippen molar-refractivity contribution >= 4 is 12.1 Å². The molecule has 1 amide bonds. The Kier molecular flexibility index (Phi) is 5.82. The minimum absolute atomic E-state index is 0.0926. The average Bonchev–Trinajstić information content (AvgIpc) is 3.41. The van der Waals surface area contributed by atoms with Crippen LogP contribution in [0.25, 0.3) is 16.9 Å². The Balaban J connectivity index is 1.41. The molecule has 0 spiro atoms. The number of carbonyl (C=O) groups excluding carboxylic acids is 1. The first kappa shape index (κ1) is 21.4. The summed E-state index contributed by atoms with van der Waals surface area (Å²) in [5.41, 5.74) is 7.58. The van der Waals surface area contributed by atoms with Gasteiger partial charge < -0.3 is 9.47 Å². The first-order chi connectivity index (χ1) is 16.6. The Morgan fingerprint density at radius 2 is 1.85 bits per heavy atom. The number of aryl methyl sites for hydroxylation is 2. The summed E-state index contributed by atoms with van der Waals surface area (Å²) in [6, 6.07) is 17.4. The summed E-state index contributed by atoms with van der Waals surface area (Å²) < 4.78 is 14.8. The lowest BCUT2D eigenvalue weighted by molar-refractivity contribution is -0.121. The third kappa shape index (κ3) is 4.54. The SMILES string of the molecule is Cc1cc(C)n(CC(=O)N/N=C/c2cn(-c3ccccc3)nc2-c2ccc3c(c2)OCCO3)n1. The van der Waals surface area contributed by atoms with Crippen molar-refractivity contribution in [3.63, 3.8) is 0 Å². The number of para-hydroxylation sites is 1. The summed E-state index contributed by atoms with van der Waals surface area (Å²) in [6.45, 7) is 4.93. The monoisotopic (exact) mass is 456 g/mol. The zero-order chi connectivity index (χ0) is 23.5. The molecule has 2 aromatic heterocycles. The van der Waals surface area contributed by atoms with E-state index in [1.807, 2.05) is 74.6 Å². The number of fused-ring (bicyclic) bond motifs is 1. The van der Waals surface area contributed by atoms with Crippen LogP contribution in [-0.2, 0) is 11.3 Å². The summed E-state index contributed by atoms with van der Waals surface area (Å²) in [5, 5.41) is 13.3. The fraction of sp³-hybridized carbons (Fsp3) is 0.200. The standard InChI is InChI=1S/C25H24N6O3/c1-17-12-18(2)30(28-17)16-24(32)27-26-14-20-15-31(21-6-4-3-5-7-21)29-25(20)19-8-9-22-23(13-19)34-11-10-33-22/h3-9,12-15H,10-11,16H2,1-2H3,(H,27,32)/b26-14+. The Hall–Kier alpha value is -4.40. The van der Waals surface area contributed by atoms with Crippen LogP contribution in [0.15, 0.2) is 65.9 Å². The van der Waals surface area contributed by atoms with Crippen LogP contribution in [-0.4, -0.2) is 44.9 Å². The van der Waals surface area contributed by atoms with Crippen LogP contribution < -0.4 is 14.9 Å². The zero-order valence-corrected chi connectivity index (χ0v) is 18.9. The smallest absolute Gasteiger partial charge is 0.261 e. The van der Waals surface area contributed by atoms with Crippen molar-refractivity contribution in [3.8, 4) is 28.4 Å². The van der Waals surface area contributed by atoms with E-state index in [4.69, 9.17) is 14.6 Å². The molecule has 0 fully saturated rings. The summed E-state index contributed by atoms with van der Waals surface area (Å²) in [6.07, 6.45) is 3.47. The van der Waals surface area contributed by atoms with Crippen LogP contribution >= 0.6 is 0 Å². The lowest BCUT2D eigenvalue weighted by Crippen LogP contribution is -2.24. The van der Waals surface area contributed by atoms with Gasteiger partial charge in [-0.05, 0) is 50.2 Å². The highest BCUT2D eigenvalue weighted by Crippen LogP contribution is 2.35. The van der Waals surface area contributed by atoms with Gasteiger partial charge in [-0.1, -0.05) is 18.2 Å². The van der Waals surface area contributed by atoms with Crippen molar-refractivity contribution in [2.24, 2.45) is 5.10 Å². The van der Waals surface area contributed by atoms with Gasteiger partial charge >= 0.3 is 0 Å². The topological polar surface area (TPSA) is 95.6 Å². The third-order valence-corrected chi connectivity index (χ3v) is 5.37. The van der Waals surface area contributed by atoms with Gasteiger partial charge in [0.1, 0.15) is 25.5 Å². The quantitative estimate of drug-likeness (QED) is 0.355. The van der Waals surface area contributed by atoms with E-state index in [9.17, 15) is 4.79 Å². The van der Waals surface area contributed by atoms with E-state index < -0.39 is 0 Å². The fourth-order valence-corrected chi connectivity index (χ4v) is 3.79. The largest absolute Gasteiger partial charge is 0.486 e. The Bertz CT molecular complexity index is 1360. The molecule has 9 nitrogen and oxygen atoms in total. The van der Waals surface area contributed by atoms with Gasteiger partial charge in [-0.2, -0.15) is 15.3 Å². The van der Waals surface area contributed by atoms with Crippen molar-refractivity contribution in [3.05, 3.63) is 77.7 Å². The molecule has 4 aromatic rings. The number of aromatic nitrogens is 4. The number of hydrogen-bond acceptors (Lipinski definition) is 6. The molecule has 2 aromatic carbocycles. The molecule has 3 heterocycles. The van der Waals surface area contributed by atoms with Crippen LogP contribution in [0.4, 0.5) is 0 Å². The summed E-state index contributed by atoms with van der Waals surface area (Å²) in [7, 11) is 0. The van der Waals surface area contributed by atoms with E-state index in [1.165, 1.54) is 0 Å². The summed E-state index contributed by atoms with van der Waals surface area (Å²) in [4.78, 5) is 12.4. The predicted molar refractivity (Wildman–Crippen MR) is 127 cm³/mol. The first-order valence-electron chi connectivity index (χ1n) is 10.9. The Labute approximate surface area is 196 Å². The molecule has 1 aliphatic rings. The maximum absolute atomic E-state index is 12.4. The second kappa shape index (κ2) is 9.22. The lowest BCUT2D eigenvalue weighted by atomic mass is 10.1. The first-order valence-corrected chi connectivity index (χ1v) is 10.9. The van der Waals surface area contributed by atoms with E-state index in [1.54, 1.807) is 15.6 Å². The van der Waals surface area contributed by atoms with Crippen LogP contribution in [0.3, 0.4) is 0 Å². The minimum Gasteiger partial charge on any atom is -0.486 e. The molecule has 0 radical (unpaired) electrons. The lowest BCUT2D eigenvalue weighted by Gasteiger charge is -2.18. The number of nitrogens with zero attached hydrogens (tertiary/aromatic N) is 5. The van der Waals surface area contributed by atoms with E-state index in [2.05, 4.69) is 15.6 Å². The molecular formula is C25H24N6O3. The number of hydrazone groups is 1. The number of nitrogens with one attached hydrogen (secondary N) is 1. The predicted octanol–water partition coefficient (Wildman–Crippen LogP) is 3.27. The van der Waals surface area contributed by atoms with Crippen LogP contribution in [0.1, 0.15) is 17.0 Å². The fourth-order valence-electron chi connectivity index (χ4n) is 3.79. The summed E-state index contributed by atoms with van der Waals surface area (Å²) in [5.74, 6) is 1.13. The van der Waals surface area contributed by atoms with Crippen molar-refractivity contribution < 1.29 is 14.3 Å². The molecule has 0 bridgehead atoms. The normalized spacial score (nSPS) is 12.8. The molecule has 0 saturated heterocycles. The van der Waals surface area contributed by atoms with Gasteiger partial charge in [0, 0.05) is 23.0 Å². The maximum Gasteiger partial charge on any atom is 0.261 e. The molecule has 0 saturated carbocycles. The number of benzene rings is 2. The molecule has 1 aliphatic heterocycles. The third-order valence-electron chi connectivity index (χ3n) is 5.37. The van der Waals surface area contributed by atoms with Crippen molar-refractivity contribution in [1.82, 2.24) is 25.0 Å². The molecular weight excluding hydrogens is 432 g/mol. The molecule has 0 atom stereocenters. The Morgan fingerprint density at radius 3 is 2.62 bits per heavy atom. The number of ether oxygens (including phenoxy) is 2. The van der Waals surface area contributed by atoms with Crippen LogP contribution in [0.2, 0.25) is 0 Å². The number of carbonyl (C=O) groups is 1. The van der Waals surface area contributed by atoms with Gasteiger partial charge in [-0.15, -0.1) is 0 Å². The molecule has 5 rings (SSSR count). The number of amides is 1. The number of rotatable bonds is 6. The summed E-state index contributed by atoms with van der Waals surface area (Å²) >= 11 is 0. The van der Waals surface area contributed by atoms with E-state index in [-0.39, 0.29) is 12.5 Å². The second-order valence-electron chi connectivity index (χ2n) is 7.95. The van der Waals surface area contributed by atoms with Gasteiger partial charge in [0.15, 0.2) is 11.5 Å². The number of hydrogen-bond donors (Lipinski definition) is 1. The second-order valence-corrected chi connectivity index (χ2v) is 7.95. The van der Waals surface area contributed by atoms with Gasteiger partial charge in [-0.25, -0.2) is 10.1 Å². The zero-order valence-electron chi connectivity index (χ0n) is 18.9. The molecule has 9 heteroatoms. The minimum atomic E-state index is -0.265. The van der Waals surface area contributed by atoms with Crippen molar-refractivity contribution in [2.45, 2.75) is 20.4 Å². The van der Waals surface area contributed by atoms with E-state index in [0.29, 0.717) is 30.4 Å². The Morgan fingerprint density at radius 1 is 1.06 bits per heavy atom.